The highest BCUT2D eigenvalue weighted by molar-refractivity contribution is 4.88. The maximum atomic E-state index is 3.78. The van der Waals surface area contributed by atoms with E-state index in [1.807, 2.05) is 0 Å². The Morgan fingerprint density at radius 1 is 1.05 bits per heavy atom. The lowest BCUT2D eigenvalue weighted by molar-refractivity contribution is 0.102. The minimum absolute atomic E-state index is 0.760. The molecule has 0 aliphatic heterocycles. The van der Waals surface area contributed by atoms with E-state index in [9.17, 15) is 0 Å². The topological polar surface area (TPSA) is 15.3 Å². The first-order valence-corrected chi connectivity index (χ1v) is 9.55. The van der Waals surface area contributed by atoms with Crippen molar-refractivity contribution >= 4 is 0 Å². The predicted octanol–water partition coefficient (Wildman–Crippen LogP) is 4.30. The monoisotopic (exact) mass is 294 g/mol. The van der Waals surface area contributed by atoms with Crippen LogP contribution in [0.15, 0.2) is 0 Å². The van der Waals surface area contributed by atoms with Gasteiger partial charge < -0.3 is 10.2 Å². The van der Waals surface area contributed by atoms with Crippen LogP contribution < -0.4 is 5.32 Å². The maximum absolute atomic E-state index is 3.78. The van der Waals surface area contributed by atoms with Crippen LogP contribution >= 0.6 is 0 Å². The lowest BCUT2D eigenvalue weighted by Crippen LogP contribution is -2.47. The van der Waals surface area contributed by atoms with Crippen LogP contribution in [0.3, 0.4) is 0 Å². The van der Waals surface area contributed by atoms with Crippen LogP contribution in [0.2, 0.25) is 0 Å². The molecule has 0 bridgehead atoms. The minimum Gasteiger partial charge on any atom is -0.314 e. The summed E-state index contributed by atoms with van der Waals surface area (Å²) >= 11 is 0. The highest BCUT2D eigenvalue weighted by Gasteiger charge is 2.33. The van der Waals surface area contributed by atoms with Crippen molar-refractivity contribution in [1.29, 1.82) is 0 Å². The molecule has 0 aromatic heterocycles. The largest absolute Gasteiger partial charge is 0.314 e. The molecule has 0 radical (unpaired) electrons. The first kappa shape index (κ1) is 17.3. The van der Waals surface area contributed by atoms with E-state index in [-0.39, 0.29) is 0 Å². The molecular formula is C19H38N2. The van der Waals surface area contributed by atoms with Crippen LogP contribution in [0, 0.1) is 17.8 Å². The van der Waals surface area contributed by atoms with Crippen LogP contribution in [0.25, 0.3) is 0 Å². The zero-order chi connectivity index (χ0) is 15.2. The maximum Gasteiger partial charge on any atom is 0.0108 e. The second-order valence-electron chi connectivity index (χ2n) is 7.97. The van der Waals surface area contributed by atoms with Crippen molar-refractivity contribution < 1.29 is 0 Å². The van der Waals surface area contributed by atoms with Gasteiger partial charge in [0.05, 0.1) is 0 Å². The van der Waals surface area contributed by atoms with Gasteiger partial charge in [0.15, 0.2) is 0 Å². The van der Waals surface area contributed by atoms with Gasteiger partial charge in [-0.15, -0.1) is 0 Å². The summed E-state index contributed by atoms with van der Waals surface area (Å²) in [5, 5.41) is 3.78. The summed E-state index contributed by atoms with van der Waals surface area (Å²) in [6, 6.07) is 1.62. The van der Waals surface area contributed by atoms with Crippen molar-refractivity contribution in [3.63, 3.8) is 0 Å². The molecule has 3 atom stereocenters. The lowest BCUT2D eigenvalue weighted by Gasteiger charge is -2.42. The summed E-state index contributed by atoms with van der Waals surface area (Å²) in [5.41, 5.74) is 0. The smallest absolute Gasteiger partial charge is 0.0108 e. The van der Waals surface area contributed by atoms with Gasteiger partial charge in [-0.05, 0) is 63.5 Å². The van der Waals surface area contributed by atoms with Crippen LogP contribution in [-0.4, -0.2) is 37.1 Å². The Hall–Kier alpha value is -0.0800. The predicted molar refractivity (Wildman–Crippen MR) is 92.6 cm³/mol. The molecule has 0 aromatic carbocycles. The molecule has 0 spiro atoms. The van der Waals surface area contributed by atoms with Gasteiger partial charge in [0.2, 0.25) is 0 Å². The van der Waals surface area contributed by atoms with E-state index in [0.29, 0.717) is 0 Å². The summed E-state index contributed by atoms with van der Waals surface area (Å²) in [7, 11) is 2.39. The minimum atomic E-state index is 0.760. The van der Waals surface area contributed by atoms with Gasteiger partial charge in [0.1, 0.15) is 0 Å². The van der Waals surface area contributed by atoms with Gasteiger partial charge in [-0.2, -0.15) is 0 Å². The third kappa shape index (κ3) is 4.96. The first-order chi connectivity index (χ1) is 10.1. The van der Waals surface area contributed by atoms with Gasteiger partial charge in [-0.1, -0.05) is 40.0 Å². The van der Waals surface area contributed by atoms with E-state index in [0.717, 1.165) is 36.4 Å². The summed E-state index contributed by atoms with van der Waals surface area (Å²) in [6.45, 7) is 9.53. The molecule has 2 aliphatic rings. The fourth-order valence-corrected chi connectivity index (χ4v) is 4.68. The molecule has 0 aromatic rings. The molecule has 2 heteroatoms. The molecule has 2 nitrogen and oxygen atoms in total. The molecule has 2 aliphatic carbocycles. The number of nitrogens with zero attached hydrogens (tertiary/aromatic N) is 1. The molecule has 0 saturated heterocycles. The van der Waals surface area contributed by atoms with Gasteiger partial charge in [0, 0.05) is 18.6 Å². The highest BCUT2D eigenvalue weighted by atomic mass is 15.1. The molecule has 0 heterocycles. The van der Waals surface area contributed by atoms with Gasteiger partial charge in [0.25, 0.3) is 0 Å². The Morgan fingerprint density at radius 2 is 1.76 bits per heavy atom. The molecule has 1 N–H and O–H groups in total. The normalized spacial score (nSPS) is 32.0. The van der Waals surface area contributed by atoms with Gasteiger partial charge >= 0.3 is 0 Å². The number of hydrogen-bond donors (Lipinski definition) is 1. The summed E-state index contributed by atoms with van der Waals surface area (Å²) < 4.78 is 0. The Morgan fingerprint density at radius 3 is 2.38 bits per heavy atom. The molecular weight excluding hydrogens is 256 g/mol. The zero-order valence-electron chi connectivity index (χ0n) is 14.9. The molecule has 2 fully saturated rings. The SMILES string of the molecule is CCNC1CCC(C(C)C)CC1CN(C)C1CCCCC1. The summed E-state index contributed by atoms with van der Waals surface area (Å²) in [5.74, 6) is 2.66. The third-order valence-electron chi connectivity index (χ3n) is 6.15. The summed E-state index contributed by atoms with van der Waals surface area (Å²) in [4.78, 5) is 2.71. The van der Waals surface area contributed by atoms with Crippen LogP contribution in [-0.2, 0) is 0 Å². The first-order valence-electron chi connectivity index (χ1n) is 9.55. The van der Waals surface area contributed by atoms with Gasteiger partial charge in [-0.3, -0.25) is 0 Å². The van der Waals surface area contributed by atoms with Crippen molar-refractivity contribution in [3.8, 4) is 0 Å². The standard InChI is InChI=1S/C19H38N2/c1-5-20-19-12-11-16(15(2)3)13-17(19)14-21(4)18-9-7-6-8-10-18/h15-20H,5-14H2,1-4H3. The quantitative estimate of drug-likeness (QED) is 0.785. The molecule has 2 rings (SSSR count). The third-order valence-corrected chi connectivity index (χ3v) is 6.15. The molecule has 124 valence electrons. The van der Waals surface area contributed by atoms with E-state index >= 15 is 0 Å². The van der Waals surface area contributed by atoms with E-state index < -0.39 is 0 Å². The summed E-state index contributed by atoms with van der Waals surface area (Å²) in [6.07, 6.45) is 11.5. The number of nitrogens with one attached hydrogen (secondary N) is 1. The van der Waals surface area contributed by atoms with E-state index in [4.69, 9.17) is 0 Å². The van der Waals surface area contributed by atoms with Crippen molar-refractivity contribution in [2.24, 2.45) is 17.8 Å². The molecule has 3 unspecified atom stereocenters. The number of hydrogen-bond acceptors (Lipinski definition) is 2. The Bertz CT molecular complexity index is 283. The van der Waals surface area contributed by atoms with E-state index in [2.05, 4.69) is 38.0 Å². The Kier molecular flexibility index (Phi) is 7.01. The average molecular weight is 295 g/mol. The fraction of sp³-hybridized carbons (Fsp3) is 1.00. The highest BCUT2D eigenvalue weighted by Crippen LogP contribution is 2.35. The number of rotatable bonds is 6. The van der Waals surface area contributed by atoms with Crippen LogP contribution in [0.5, 0.6) is 0 Å². The van der Waals surface area contributed by atoms with E-state index in [1.165, 1.54) is 57.9 Å². The van der Waals surface area contributed by atoms with Crippen molar-refractivity contribution in [2.45, 2.75) is 84.2 Å². The average Bonchev–Trinajstić information content (AvgIpc) is 2.50. The fourth-order valence-electron chi connectivity index (χ4n) is 4.68. The Balaban J connectivity index is 1.91. The second kappa shape index (κ2) is 8.53. The molecule has 2 saturated carbocycles. The molecule has 0 amide bonds. The molecule has 21 heavy (non-hydrogen) atoms. The van der Waals surface area contributed by atoms with Gasteiger partial charge in [-0.25, -0.2) is 0 Å². The van der Waals surface area contributed by atoms with Crippen molar-refractivity contribution in [3.05, 3.63) is 0 Å². The second-order valence-corrected chi connectivity index (χ2v) is 7.97. The Labute approximate surface area is 133 Å². The van der Waals surface area contributed by atoms with Crippen molar-refractivity contribution in [1.82, 2.24) is 10.2 Å². The van der Waals surface area contributed by atoms with Crippen LogP contribution in [0.1, 0.15) is 72.1 Å². The van der Waals surface area contributed by atoms with Crippen LogP contribution in [0.4, 0.5) is 0 Å². The zero-order valence-corrected chi connectivity index (χ0v) is 14.9. The van der Waals surface area contributed by atoms with Crippen molar-refractivity contribution in [2.75, 3.05) is 20.1 Å². The lowest BCUT2D eigenvalue weighted by atomic mass is 9.73. The van der Waals surface area contributed by atoms with E-state index in [1.54, 1.807) is 0 Å².